The van der Waals surface area contributed by atoms with E-state index >= 15 is 0 Å². The Kier molecular flexibility index (Phi) is 6.69. The van der Waals surface area contributed by atoms with E-state index in [1.54, 1.807) is 0 Å². The number of nitrogens with one attached hydrogen (secondary N) is 1. The molecule has 0 aromatic heterocycles. The molecule has 0 aliphatic carbocycles. The van der Waals surface area contributed by atoms with Gasteiger partial charge in [-0.2, -0.15) is 0 Å². The van der Waals surface area contributed by atoms with E-state index in [1.807, 2.05) is 5.43 Å². The number of rotatable bonds is 7. The van der Waals surface area contributed by atoms with Gasteiger partial charge >= 0.3 is 5.69 Å². The molecule has 0 aliphatic heterocycles. The molecule has 1 aromatic rings. The molecular weight excluding hydrogens is 353 g/mol. The quantitative estimate of drug-likeness (QED) is 0.253. The molecule has 0 bridgehead atoms. The summed E-state index contributed by atoms with van der Waals surface area (Å²) in [6.45, 7) is 0.249. The summed E-state index contributed by atoms with van der Waals surface area (Å²) in [6.07, 6.45) is 1.42. The molecule has 0 unspecified atom stereocenters. The lowest BCUT2D eigenvalue weighted by Crippen LogP contribution is -2.29. The number of ether oxygens (including phenoxy) is 1. The van der Waals surface area contributed by atoms with Crippen LogP contribution in [0.1, 0.15) is 19.3 Å². The second-order valence-electron chi connectivity index (χ2n) is 3.87. The molecule has 3 N–H and O–H groups in total. The standard InChI is InChI=1S/C11H13BrClN3O4/c12-8-5-7(13)6-9(16(18)19)11(8)20-4-2-1-3-10(17)15-14/h5-6H,1-4,14H2,(H,15,17). The number of benzene rings is 1. The van der Waals surface area contributed by atoms with Crippen molar-refractivity contribution >= 4 is 39.1 Å². The van der Waals surface area contributed by atoms with Crippen LogP contribution in [0.3, 0.4) is 0 Å². The number of nitro benzene ring substituents is 1. The molecule has 0 fully saturated rings. The van der Waals surface area contributed by atoms with Crippen molar-refractivity contribution in [2.75, 3.05) is 6.61 Å². The van der Waals surface area contributed by atoms with Crippen molar-refractivity contribution < 1.29 is 14.5 Å². The molecular formula is C11H13BrClN3O4. The maximum absolute atomic E-state index is 10.9. The van der Waals surface area contributed by atoms with Gasteiger partial charge in [0, 0.05) is 17.5 Å². The topological polar surface area (TPSA) is 107 Å². The third kappa shape index (κ3) is 4.95. The zero-order chi connectivity index (χ0) is 15.1. The van der Waals surface area contributed by atoms with E-state index in [-0.39, 0.29) is 35.4 Å². The highest BCUT2D eigenvalue weighted by Crippen LogP contribution is 2.37. The van der Waals surface area contributed by atoms with E-state index in [9.17, 15) is 14.9 Å². The SMILES string of the molecule is NNC(=O)CCCCOc1c(Br)cc(Cl)cc1[N+](=O)[O-]. The number of unbranched alkanes of at least 4 members (excludes halogenated alkanes) is 1. The Labute approximate surface area is 128 Å². The van der Waals surface area contributed by atoms with Crippen LogP contribution in [0.25, 0.3) is 0 Å². The Morgan fingerprint density at radius 3 is 2.80 bits per heavy atom. The third-order valence-corrected chi connectivity index (χ3v) is 3.20. The first-order valence-corrected chi connectivity index (χ1v) is 6.88. The number of hydrogen-bond donors (Lipinski definition) is 2. The zero-order valence-corrected chi connectivity index (χ0v) is 12.7. The summed E-state index contributed by atoms with van der Waals surface area (Å²) >= 11 is 8.93. The van der Waals surface area contributed by atoms with Gasteiger partial charge in [-0.25, -0.2) is 5.84 Å². The normalized spacial score (nSPS) is 10.2. The Morgan fingerprint density at radius 2 is 2.20 bits per heavy atom. The van der Waals surface area contributed by atoms with Crippen molar-refractivity contribution in [1.82, 2.24) is 5.43 Å². The average Bonchev–Trinajstić information content (AvgIpc) is 2.39. The molecule has 0 aliphatic rings. The van der Waals surface area contributed by atoms with Crippen LogP contribution in [0.15, 0.2) is 16.6 Å². The van der Waals surface area contributed by atoms with Crippen LogP contribution in [-0.2, 0) is 4.79 Å². The Morgan fingerprint density at radius 1 is 1.50 bits per heavy atom. The van der Waals surface area contributed by atoms with Crippen LogP contribution in [0.4, 0.5) is 5.69 Å². The molecule has 0 heterocycles. The number of carbonyl (C=O) groups excluding carboxylic acids is 1. The fraction of sp³-hybridized carbons (Fsp3) is 0.364. The smallest absolute Gasteiger partial charge is 0.313 e. The van der Waals surface area contributed by atoms with Crippen LogP contribution in [0.5, 0.6) is 5.75 Å². The van der Waals surface area contributed by atoms with E-state index in [4.69, 9.17) is 22.2 Å². The summed E-state index contributed by atoms with van der Waals surface area (Å²) < 4.78 is 5.80. The minimum atomic E-state index is -0.562. The van der Waals surface area contributed by atoms with Crippen molar-refractivity contribution in [1.29, 1.82) is 0 Å². The predicted octanol–water partition coefficient (Wildman–Crippen LogP) is 2.55. The molecule has 0 saturated carbocycles. The summed E-state index contributed by atoms with van der Waals surface area (Å²) in [5.74, 6) is 4.81. The van der Waals surface area contributed by atoms with Crippen LogP contribution >= 0.6 is 27.5 Å². The largest absolute Gasteiger partial charge is 0.486 e. The second kappa shape index (κ2) is 8.03. The second-order valence-corrected chi connectivity index (χ2v) is 5.16. The monoisotopic (exact) mass is 365 g/mol. The molecule has 110 valence electrons. The lowest BCUT2D eigenvalue weighted by atomic mass is 10.2. The van der Waals surface area contributed by atoms with Crippen LogP contribution in [0.2, 0.25) is 5.02 Å². The van der Waals surface area contributed by atoms with Gasteiger partial charge in [0.15, 0.2) is 0 Å². The Balaban J connectivity index is 2.59. The third-order valence-electron chi connectivity index (χ3n) is 2.39. The van der Waals surface area contributed by atoms with E-state index in [2.05, 4.69) is 15.9 Å². The minimum absolute atomic E-state index is 0.127. The van der Waals surface area contributed by atoms with Gasteiger partial charge in [-0.15, -0.1) is 0 Å². The molecule has 7 nitrogen and oxygen atoms in total. The maximum atomic E-state index is 10.9. The van der Waals surface area contributed by atoms with Gasteiger partial charge in [0.2, 0.25) is 11.7 Å². The van der Waals surface area contributed by atoms with Gasteiger partial charge in [-0.1, -0.05) is 11.6 Å². The van der Waals surface area contributed by atoms with Crippen molar-refractivity contribution in [2.24, 2.45) is 5.84 Å². The molecule has 9 heteroatoms. The highest BCUT2D eigenvalue weighted by molar-refractivity contribution is 9.10. The van der Waals surface area contributed by atoms with E-state index in [0.29, 0.717) is 17.3 Å². The first kappa shape index (κ1) is 16.7. The van der Waals surface area contributed by atoms with E-state index in [1.165, 1.54) is 12.1 Å². The van der Waals surface area contributed by atoms with Crippen molar-refractivity contribution in [3.63, 3.8) is 0 Å². The number of halogens is 2. The summed E-state index contributed by atoms with van der Waals surface area (Å²) in [5.41, 5.74) is 1.82. The number of nitrogens with zero attached hydrogens (tertiary/aromatic N) is 1. The molecule has 0 radical (unpaired) electrons. The van der Waals surface area contributed by atoms with Crippen LogP contribution in [-0.4, -0.2) is 17.4 Å². The summed E-state index contributed by atoms with van der Waals surface area (Å²) in [4.78, 5) is 21.3. The fourth-order valence-corrected chi connectivity index (χ4v) is 2.37. The van der Waals surface area contributed by atoms with Crippen molar-refractivity contribution in [2.45, 2.75) is 19.3 Å². The van der Waals surface area contributed by atoms with Gasteiger partial charge in [0.1, 0.15) is 0 Å². The summed E-state index contributed by atoms with van der Waals surface area (Å²) in [7, 11) is 0. The number of nitro groups is 1. The van der Waals surface area contributed by atoms with Gasteiger partial charge < -0.3 is 4.74 Å². The molecule has 0 saturated heterocycles. The molecule has 1 amide bonds. The zero-order valence-electron chi connectivity index (χ0n) is 10.4. The van der Waals surface area contributed by atoms with Gasteiger partial charge in [-0.3, -0.25) is 20.3 Å². The number of carbonyl (C=O) groups is 1. The minimum Gasteiger partial charge on any atom is -0.486 e. The highest BCUT2D eigenvalue weighted by Gasteiger charge is 2.19. The van der Waals surface area contributed by atoms with Gasteiger partial charge in [-0.05, 0) is 34.8 Å². The molecule has 1 rings (SSSR count). The number of nitrogens with two attached hydrogens (primary N) is 1. The van der Waals surface area contributed by atoms with Crippen LogP contribution < -0.4 is 16.0 Å². The number of amides is 1. The highest BCUT2D eigenvalue weighted by atomic mass is 79.9. The Hall–Kier alpha value is -1.38. The summed E-state index contributed by atoms with van der Waals surface area (Å²) in [6, 6.07) is 2.75. The number of hydrogen-bond acceptors (Lipinski definition) is 5. The molecule has 20 heavy (non-hydrogen) atoms. The lowest BCUT2D eigenvalue weighted by molar-refractivity contribution is -0.385. The molecule has 1 aromatic carbocycles. The maximum Gasteiger partial charge on any atom is 0.313 e. The van der Waals surface area contributed by atoms with E-state index in [0.717, 1.165) is 0 Å². The number of hydrazine groups is 1. The average molecular weight is 367 g/mol. The lowest BCUT2D eigenvalue weighted by Gasteiger charge is -2.09. The van der Waals surface area contributed by atoms with Crippen molar-refractivity contribution in [3.05, 3.63) is 31.7 Å². The summed E-state index contributed by atoms with van der Waals surface area (Å²) in [5, 5.41) is 11.2. The molecule has 0 atom stereocenters. The fourth-order valence-electron chi connectivity index (χ4n) is 1.46. The van der Waals surface area contributed by atoms with Gasteiger partial charge in [0.25, 0.3) is 0 Å². The predicted molar refractivity (Wildman–Crippen MR) is 77.5 cm³/mol. The Bertz CT molecular complexity index is 513. The first-order valence-electron chi connectivity index (χ1n) is 5.71. The van der Waals surface area contributed by atoms with E-state index < -0.39 is 4.92 Å². The van der Waals surface area contributed by atoms with Gasteiger partial charge in [0.05, 0.1) is 16.0 Å². The molecule has 0 spiro atoms. The van der Waals surface area contributed by atoms with Crippen molar-refractivity contribution in [3.8, 4) is 5.75 Å². The van der Waals surface area contributed by atoms with Crippen LogP contribution in [0, 0.1) is 10.1 Å². The first-order chi connectivity index (χ1) is 9.45.